The second-order valence-corrected chi connectivity index (χ2v) is 15.0. The topological polar surface area (TPSA) is 9.23 Å². The Labute approximate surface area is 225 Å². The van der Waals surface area contributed by atoms with Crippen molar-refractivity contribution in [3.05, 3.63) is 121 Å². The first-order chi connectivity index (χ1) is 18.1. The second-order valence-electron chi connectivity index (χ2n) is 10.5. The van der Waals surface area contributed by atoms with Crippen molar-refractivity contribution in [3.63, 3.8) is 0 Å². The maximum Gasteiger partial charge on any atom is 0.0663 e. The Morgan fingerprint density at radius 3 is 1.27 bits per heavy atom. The smallest absolute Gasteiger partial charge is 0.0663 e. The molecule has 4 aromatic carbocycles. The normalized spacial score (nSPS) is 20.6. The van der Waals surface area contributed by atoms with Crippen LogP contribution in [0.15, 0.2) is 121 Å². The predicted molar refractivity (Wildman–Crippen MR) is 164 cm³/mol. The van der Waals surface area contributed by atoms with Crippen LogP contribution in [-0.4, -0.2) is 25.0 Å². The summed E-state index contributed by atoms with van der Waals surface area (Å²) >= 11 is 0. The molecule has 1 aliphatic carbocycles. The first-order valence-electron chi connectivity index (χ1n) is 13.5. The standard InChI is InChI=1S/C34H38OP2/c1-4-35-33-31(25-36(27-17-9-5-10-18-27)28-19-11-6-12-20-28)32(34(33,2)3)26-37(29-21-13-7-14-22-29)30-23-15-8-16-24-30/h5-24,31-33H,4,25-26H2,1-3H3. The lowest BCUT2D eigenvalue weighted by Gasteiger charge is -2.59. The molecule has 0 spiro atoms. The molecule has 3 heteroatoms. The van der Waals surface area contributed by atoms with Gasteiger partial charge < -0.3 is 4.74 Å². The summed E-state index contributed by atoms with van der Waals surface area (Å²) in [5, 5.41) is 5.89. The van der Waals surface area contributed by atoms with Gasteiger partial charge in [-0.1, -0.05) is 135 Å². The van der Waals surface area contributed by atoms with Gasteiger partial charge in [0.25, 0.3) is 0 Å². The van der Waals surface area contributed by atoms with E-state index < -0.39 is 15.8 Å². The molecular weight excluding hydrogens is 486 g/mol. The second kappa shape index (κ2) is 12.0. The van der Waals surface area contributed by atoms with Gasteiger partial charge in [-0.3, -0.25) is 0 Å². The number of benzene rings is 4. The molecule has 0 aliphatic heterocycles. The summed E-state index contributed by atoms with van der Waals surface area (Å²) in [7, 11) is -0.897. The van der Waals surface area contributed by atoms with E-state index in [4.69, 9.17) is 4.74 Å². The van der Waals surface area contributed by atoms with Crippen molar-refractivity contribution < 1.29 is 4.74 Å². The molecule has 3 unspecified atom stereocenters. The van der Waals surface area contributed by atoms with Gasteiger partial charge in [-0.05, 0) is 73.6 Å². The molecule has 0 N–H and O–H groups in total. The summed E-state index contributed by atoms with van der Waals surface area (Å²) in [5.74, 6) is 1.15. The summed E-state index contributed by atoms with van der Waals surface area (Å²) < 4.78 is 6.52. The maximum absolute atomic E-state index is 6.52. The quantitative estimate of drug-likeness (QED) is 0.205. The van der Waals surface area contributed by atoms with Crippen LogP contribution in [0.25, 0.3) is 0 Å². The van der Waals surface area contributed by atoms with Crippen molar-refractivity contribution in [3.8, 4) is 0 Å². The van der Waals surface area contributed by atoms with Gasteiger partial charge in [0.15, 0.2) is 0 Å². The molecule has 1 fully saturated rings. The van der Waals surface area contributed by atoms with Gasteiger partial charge in [0.1, 0.15) is 0 Å². The molecule has 4 aromatic rings. The monoisotopic (exact) mass is 524 g/mol. The van der Waals surface area contributed by atoms with Crippen LogP contribution in [0.3, 0.4) is 0 Å². The highest BCUT2D eigenvalue weighted by Gasteiger charge is 2.57. The molecule has 5 rings (SSSR count). The minimum atomic E-state index is -0.457. The molecule has 1 aliphatic rings. The van der Waals surface area contributed by atoms with Crippen LogP contribution >= 0.6 is 15.8 Å². The summed E-state index contributed by atoms with van der Waals surface area (Å²) in [4.78, 5) is 0. The lowest BCUT2D eigenvalue weighted by Crippen LogP contribution is -2.61. The van der Waals surface area contributed by atoms with Crippen LogP contribution in [-0.2, 0) is 4.74 Å². The maximum atomic E-state index is 6.52. The summed E-state index contributed by atoms with van der Waals surface area (Å²) in [6.07, 6.45) is 2.68. The Balaban J connectivity index is 1.50. The first kappa shape index (κ1) is 26.3. The predicted octanol–water partition coefficient (Wildman–Crippen LogP) is 6.93. The summed E-state index contributed by atoms with van der Waals surface area (Å²) in [6.45, 7) is 7.83. The molecule has 37 heavy (non-hydrogen) atoms. The Morgan fingerprint density at radius 2 is 0.919 bits per heavy atom. The van der Waals surface area contributed by atoms with Crippen LogP contribution in [0.5, 0.6) is 0 Å². The first-order valence-corrected chi connectivity index (χ1v) is 16.5. The highest BCUT2D eigenvalue weighted by molar-refractivity contribution is 7.73. The molecule has 0 saturated heterocycles. The fourth-order valence-corrected chi connectivity index (χ4v) is 11.6. The number of ether oxygens (including phenoxy) is 1. The number of rotatable bonds is 10. The molecule has 0 aromatic heterocycles. The Morgan fingerprint density at radius 1 is 0.568 bits per heavy atom. The van der Waals surface area contributed by atoms with Gasteiger partial charge in [-0.25, -0.2) is 0 Å². The molecule has 3 atom stereocenters. The average molecular weight is 525 g/mol. The van der Waals surface area contributed by atoms with E-state index in [1.165, 1.54) is 33.5 Å². The Hall–Kier alpha value is -2.30. The number of hydrogen-bond donors (Lipinski definition) is 0. The van der Waals surface area contributed by atoms with Gasteiger partial charge in [-0.2, -0.15) is 0 Å². The van der Waals surface area contributed by atoms with E-state index in [0.717, 1.165) is 6.61 Å². The fraction of sp³-hybridized carbons (Fsp3) is 0.294. The summed E-state index contributed by atoms with van der Waals surface area (Å²) in [6, 6.07) is 44.7. The van der Waals surface area contributed by atoms with E-state index >= 15 is 0 Å². The van der Waals surface area contributed by atoms with Gasteiger partial charge in [0.2, 0.25) is 0 Å². The molecule has 1 saturated carbocycles. The van der Waals surface area contributed by atoms with Crippen molar-refractivity contribution in [2.75, 3.05) is 18.9 Å². The van der Waals surface area contributed by atoms with Crippen molar-refractivity contribution in [1.82, 2.24) is 0 Å². The van der Waals surface area contributed by atoms with Crippen LogP contribution in [0.2, 0.25) is 0 Å². The SMILES string of the molecule is CCOC1C(CP(c2ccccc2)c2ccccc2)C(CP(c2ccccc2)c2ccccc2)C1(C)C. The highest BCUT2D eigenvalue weighted by atomic mass is 31.1. The van der Waals surface area contributed by atoms with Crippen LogP contribution < -0.4 is 21.2 Å². The van der Waals surface area contributed by atoms with E-state index in [2.05, 4.69) is 142 Å². The lowest BCUT2D eigenvalue weighted by molar-refractivity contribution is -0.172. The minimum Gasteiger partial charge on any atom is -0.378 e. The van der Waals surface area contributed by atoms with Crippen LogP contribution in [0.4, 0.5) is 0 Å². The third kappa shape index (κ3) is 5.76. The fourth-order valence-electron chi connectivity index (χ4n) is 6.08. The van der Waals surface area contributed by atoms with E-state index in [9.17, 15) is 0 Å². The zero-order valence-corrected chi connectivity index (χ0v) is 24.0. The molecule has 190 valence electrons. The van der Waals surface area contributed by atoms with Gasteiger partial charge in [-0.15, -0.1) is 0 Å². The van der Waals surface area contributed by atoms with Gasteiger partial charge in [0, 0.05) is 6.61 Å². The average Bonchev–Trinajstić information content (AvgIpc) is 2.95. The van der Waals surface area contributed by atoms with E-state index in [0.29, 0.717) is 17.9 Å². The third-order valence-corrected chi connectivity index (χ3v) is 13.2. The molecule has 0 amide bonds. The van der Waals surface area contributed by atoms with Crippen molar-refractivity contribution in [1.29, 1.82) is 0 Å². The molecule has 0 heterocycles. The Kier molecular flexibility index (Phi) is 8.56. The van der Waals surface area contributed by atoms with Crippen LogP contribution in [0, 0.1) is 17.3 Å². The van der Waals surface area contributed by atoms with Gasteiger partial charge >= 0.3 is 0 Å². The summed E-state index contributed by atoms with van der Waals surface area (Å²) in [5.41, 5.74) is 0.152. The minimum absolute atomic E-state index is 0.152. The molecule has 0 bridgehead atoms. The van der Waals surface area contributed by atoms with Gasteiger partial charge in [0.05, 0.1) is 6.10 Å². The largest absolute Gasteiger partial charge is 0.378 e. The molecule has 0 radical (unpaired) electrons. The Bertz CT molecular complexity index is 1150. The molecular formula is C34H38OP2. The zero-order chi connectivity index (χ0) is 25.7. The van der Waals surface area contributed by atoms with E-state index in [-0.39, 0.29) is 5.41 Å². The van der Waals surface area contributed by atoms with E-state index in [1.807, 2.05) is 0 Å². The number of hydrogen-bond acceptors (Lipinski definition) is 1. The van der Waals surface area contributed by atoms with Crippen molar-refractivity contribution in [2.24, 2.45) is 17.3 Å². The van der Waals surface area contributed by atoms with Crippen LogP contribution in [0.1, 0.15) is 20.8 Å². The third-order valence-electron chi connectivity index (χ3n) is 7.99. The van der Waals surface area contributed by atoms with Crippen molar-refractivity contribution in [2.45, 2.75) is 26.9 Å². The zero-order valence-electron chi connectivity index (χ0n) is 22.2. The highest BCUT2D eigenvalue weighted by Crippen LogP contribution is 2.59. The molecule has 1 nitrogen and oxygen atoms in total. The lowest BCUT2D eigenvalue weighted by atomic mass is 9.54. The van der Waals surface area contributed by atoms with Crippen molar-refractivity contribution >= 4 is 37.1 Å². The van der Waals surface area contributed by atoms with E-state index in [1.54, 1.807) is 0 Å².